The molecule has 0 radical (unpaired) electrons. The van der Waals surface area contributed by atoms with E-state index in [1.807, 2.05) is 12.1 Å². The summed E-state index contributed by atoms with van der Waals surface area (Å²) in [7, 11) is -4.06. The highest BCUT2D eigenvalue weighted by Crippen LogP contribution is 2.23. The van der Waals surface area contributed by atoms with Gasteiger partial charge in [-0.2, -0.15) is 4.72 Å². The molecule has 0 fully saturated rings. The average molecular weight is 503 g/mol. The van der Waals surface area contributed by atoms with Crippen molar-refractivity contribution in [3.63, 3.8) is 0 Å². The molecule has 1 amide bonds. The molecule has 34 heavy (non-hydrogen) atoms. The molecule has 1 aromatic heterocycles. The number of H-pyrrole nitrogens is 1. The van der Waals surface area contributed by atoms with E-state index in [1.54, 1.807) is 36.5 Å². The lowest BCUT2D eigenvalue weighted by Gasteiger charge is -2.15. The SMILES string of the molecule is O=C(C=Cc1cnc[nH]1)NCCC[C@H](NS(=O)(=O)c1ccc(-c2ccc(Cl)cc2)cc1)C(=O)O. The molecule has 11 heteroatoms. The highest BCUT2D eigenvalue weighted by molar-refractivity contribution is 7.89. The Bertz CT molecular complexity index is 1240. The van der Waals surface area contributed by atoms with E-state index in [2.05, 4.69) is 20.0 Å². The van der Waals surface area contributed by atoms with E-state index in [1.165, 1.54) is 24.5 Å². The molecule has 2 aromatic carbocycles. The summed E-state index contributed by atoms with van der Waals surface area (Å²) >= 11 is 5.89. The summed E-state index contributed by atoms with van der Waals surface area (Å²) in [6.07, 6.45) is 6.17. The summed E-state index contributed by atoms with van der Waals surface area (Å²) in [5.74, 6) is -1.66. The Morgan fingerprint density at radius 2 is 1.74 bits per heavy atom. The van der Waals surface area contributed by atoms with E-state index in [-0.39, 0.29) is 30.2 Å². The van der Waals surface area contributed by atoms with Gasteiger partial charge in [0.25, 0.3) is 0 Å². The maximum absolute atomic E-state index is 12.7. The van der Waals surface area contributed by atoms with Crippen molar-refractivity contribution < 1.29 is 23.1 Å². The predicted octanol–water partition coefficient (Wildman–Crippen LogP) is 3.07. The van der Waals surface area contributed by atoms with Crippen LogP contribution in [0.25, 0.3) is 17.2 Å². The summed E-state index contributed by atoms with van der Waals surface area (Å²) in [4.78, 5) is 30.0. The second-order valence-electron chi connectivity index (χ2n) is 7.32. The van der Waals surface area contributed by atoms with Gasteiger partial charge in [0.15, 0.2) is 0 Å². The first-order valence-electron chi connectivity index (χ1n) is 10.3. The number of nitrogens with one attached hydrogen (secondary N) is 3. The zero-order valence-electron chi connectivity index (χ0n) is 17.9. The van der Waals surface area contributed by atoms with Crippen LogP contribution in [0.15, 0.2) is 72.0 Å². The van der Waals surface area contributed by atoms with Crippen molar-refractivity contribution in [3.8, 4) is 11.1 Å². The fourth-order valence-corrected chi connectivity index (χ4v) is 4.41. The van der Waals surface area contributed by atoms with Crippen LogP contribution in [-0.4, -0.2) is 48.0 Å². The quantitative estimate of drug-likeness (QED) is 0.234. The number of aromatic amines is 1. The molecule has 1 atom stereocenters. The second-order valence-corrected chi connectivity index (χ2v) is 9.47. The molecule has 0 saturated heterocycles. The fraction of sp³-hybridized carbons (Fsp3) is 0.174. The Kier molecular flexibility index (Phi) is 8.58. The highest BCUT2D eigenvalue weighted by atomic mass is 35.5. The number of aliphatic carboxylic acids is 1. The number of hydrogen-bond donors (Lipinski definition) is 4. The molecule has 3 rings (SSSR count). The van der Waals surface area contributed by atoms with Crippen molar-refractivity contribution in [3.05, 3.63) is 77.8 Å². The zero-order valence-corrected chi connectivity index (χ0v) is 19.5. The number of hydrogen-bond acceptors (Lipinski definition) is 5. The van der Waals surface area contributed by atoms with Crippen molar-refractivity contribution in [2.75, 3.05) is 6.54 Å². The second kappa shape index (κ2) is 11.6. The molecule has 4 N–H and O–H groups in total. The predicted molar refractivity (Wildman–Crippen MR) is 128 cm³/mol. The fourth-order valence-electron chi connectivity index (χ4n) is 3.06. The Hall–Kier alpha value is -3.47. The Labute approximate surface area is 201 Å². The van der Waals surface area contributed by atoms with Gasteiger partial charge in [-0.1, -0.05) is 35.9 Å². The Balaban J connectivity index is 1.54. The molecule has 178 valence electrons. The average Bonchev–Trinajstić information content (AvgIpc) is 3.34. The lowest BCUT2D eigenvalue weighted by Crippen LogP contribution is -2.41. The van der Waals surface area contributed by atoms with E-state index in [0.29, 0.717) is 10.7 Å². The number of carbonyl (C=O) groups is 2. The van der Waals surface area contributed by atoms with Crippen LogP contribution >= 0.6 is 11.6 Å². The van der Waals surface area contributed by atoms with Crippen molar-refractivity contribution in [1.29, 1.82) is 0 Å². The molecule has 0 aliphatic rings. The van der Waals surface area contributed by atoms with E-state index in [0.717, 1.165) is 11.1 Å². The van der Waals surface area contributed by atoms with Crippen LogP contribution in [0, 0.1) is 0 Å². The minimum Gasteiger partial charge on any atom is -0.480 e. The summed E-state index contributed by atoms with van der Waals surface area (Å²) in [6, 6.07) is 11.9. The number of aromatic nitrogens is 2. The van der Waals surface area contributed by atoms with Gasteiger partial charge in [-0.05, 0) is 54.3 Å². The van der Waals surface area contributed by atoms with Gasteiger partial charge in [-0.3, -0.25) is 9.59 Å². The molecular weight excluding hydrogens is 480 g/mol. The lowest BCUT2D eigenvalue weighted by molar-refractivity contribution is -0.139. The van der Waals surface area contributed by atoms with Crippen molar-refractivity contribution in [2.24, 2.45) is 0 Å². The number of imidazole rings is 1. The minimum atomic E-state index is -4.06. The molecule has 3 aromatic rings. The highest BCUT2D eigenvalue weighted by Gasteiger charge is 2.25. The molecule has 1 heterocycles. The van der Waals surface area contributed by atoms with E-state index >= 15 is 0 Å². The number of carboxylic acids is 1. The molecule has 0 aliphatic heterocycles. The number of nitrogens with zero attached hydrogens (tertiary/aromatic N) is 1. The first-order chi connectivity index (χ1) is 16.2. The van der Waals surface area contributed by atoms with E-state index in [9.17, 15) is 23.1 Å². The Morgan fingerprint density at radius 3 is 2.32 bits per heavy atom. The van der Waals surface area contributed by atoms with Crippen LogP contribution in [-0.2, 0) is 19.6 Å². The lowest BCUT2D eigenvalue weighted by atomic mass is 10.1. The van der Waals surface area contributed by atoms with Crippen LogP contribution < -0.4 is 10.0 Å². The van der Waals surface area contributed by atoms with Gasteiger partial charge in [-0.25, -0.2) is 13.4 Å². The van der Waals surface area contributed by atoms with E-state index in [4.69, 9.17) is 11.6 Å². The van der Waals surface area contributed by atoms with Gasteiger partial charge in [0.05, 0.1) is 23.1 Å². The Morgan fingerprint density at radius 1 is 1.09 bits per heavy atom. The first kappa shape index (κ1) is 25.2. The van der Waals surface area contributed by atoms with Crippen molar-refractivity contribution in [1.82, 2.24) is 20.0 Å². The van der Waals surface area contributed by atoms with Crippen molar-refractivity contribution >= 4 is 39.6 Å². The standard InChI is InChI=1S/C23H23ClN4O5S/c24-18-7-3-16(4-8-18)17-5-10-20(11-6-17)34(32,33)28-21(23(30)31)2-1-13-26-22(29)12-9-19-14-25-15-27-19/h3-12,14-15,21,28H,1-2,13H2,(H,25,27)(H,26,29)(H,30,31)/t21-/m0/s1. The third-order valence-corrected chi connectivity index (χ3v) is 6.58. The molecular formula is C23H23ClN4O5S. The number of carbonyl (C=O) groups excluding carboxylic acids is 1. The minimum absolute atomic E-state index is 0.00195. The molecule has 0 unspecified atom stereocenters. The number of amides is 1. The van der Waals surface area contributed by atoms with Crippen LogP contribution in [0.5, 0.6) is 0 Å². The maximum Gasteiger partial charge on any atom is 0.321 e. The largest absolute Gasteiger partial charge is 0.480 e. The van der Waals surface area contributed by atoms with Gasteiger partial charge in [-0.15, -0.1) is 0 Å². The number of sulfonamides is 1. The zero-order chi connectivity index (χ0) is 24.6. The monoisotopic (exact) mass is 502 g/mol. The first-order valence-corrected chi connectivity index (χ1v) is 12.2. The van der Waals surface area contributed by atoms with E-state index < -0.39 is 22.0 Å². The van der Waals surface area contributed by atoms with Gasteiger partial charge in [0, 0.05) is 17.6 Å². The van der Waals surface area contributed by atoms with Gasteiger partial charge in [0.2, 0.25) is 15.9 Å². The number of halogens is 1. The third kappa shape index (κ3) is 7.27. The number of carboxylic acid groups (broad SMARTS) is 1. The molecule has 0 spiro atoms. The third-order valence-electron chi connectivity index (χ3n) is 4.84. The van der Waals surface area contributed by atoms with Gasteiger partial charge >= 0.3 is 5.97 Å². The molecule has 0 saturated carbocycles. The van der Waals surface area contributed by atoms with Crippen LogP contribution in [0.3, 0.4) is 0 Å². The number of benzene rings is 2. The van der Waals surface area contributed by atoms with Crippen molar-refractivity contribution in [2.45, 2.75) is 23.8 Å². The summed E-state index contributed by atoms with van der Waals surface area (Å²) < 4.78 is 27.6. The topological polar surface area (TPSA) is 141 Å². The van der Waals surface area contributed by atoms with Crippen LogP contribution in [0.2, 0.25) is 5.02 Å². The molecule has 9 nitrogen and oxygen atoms in total. The maximum atomic E-state index is 12.7. The van der Waals surface area contributed by atoms with Crippen LogP contribution in [0.4, 0.5) is 0 Å². The molecule has 0 bridgehead atoms. The summed E-state index contributed by atoms with van der Waals surface area (Å²) in [5.41, 5.74) is 2.32. The van der Waals surface area contributed by atoms with Crippen LogP contribution in [0.1, 0.15) is 18.5 Å². The smallest absolute Gasteiger partial charge is 0.321 e. The van der Waals surface area contributed by atoms with Gasteiger partial charge < -0.3 is 15.4 Å². The number of rotatable bonds is 11. The summed E-state index contributed by atoms with van der Waals surface area (Å²) in [5, 5.41) is 12.7. The summed E-state index contributed by atoms with van der Waals surface area (Å²) in [6.45, 7) is 0.188. The van der Waals surface area contributed by atoms with Gasteiger partial charge in [0.1, 0.15) is 6.04 Å². The molecule has 0 aliphatic carbocycles. The normalized spacial score (nSPS) is 12.5.